The first-order chi connectivity index (χ1) is 15.2. The molecule has 1 aliphatic heterocycles. The first kappa shape index (κ1) is 23.5. The molecule has 2 aliphatic carbocycles. The van der Waals surface area contributed by atoms with E-state index >= 15 is 0 Å². The number of nitrogens with zero attached hydrogens (tertiary/aromatic N) is 1. The number of hydrogen-bond acceptors (Lipinski definition) is 4. The molecule has 4 nitrogen and oxygen atoms in total. The van der Waals surface area contributed by atoms with Crippen LogP contribution in [0.2, 0.25) is 0 Å². The lowest BCUT2D eigenvalue weighted by molar-refractivity contribution is -0.179. The fourth-order valence-electron chi connectivity index (χ4n) is 5.19. The van der Waals surface area contributed by atoms with E-state index in [2.05, 4.69) is 68.9 Å². The van der Waals surface area contributed by atoms with Gasteiger partial charge in [-0.1, -0.05) is 30.4 Å². The maximum atomic E-state index is 14.0. The molecule has 2 fully saturated rings. The Morgan fingerprint density at radius 2 is 1.91 bits per heavy atom. The van der Waals surface area contributed by atoms with E-state index in [-0.39, 0.29) is 23.3 Å². The molecule has 32 heavy (non-hydrogen) atoms. The van der Waals surface area contributed by atoms with Crippen molar-refractivity contribution in [3.8, 4) is 11.8 Å². The summed E-state index contributed by atoms with van der Waals surface area (Å²) in [6, 6.07) is 2.29. The van der Waals surface area contributed by atoms with Gasteiger partial charge in [0, 0.05) is 35.6 Å². The van der Waals surface area contributed by atoms with Gasteiger partial charge in [0.25, 0.3) is 0 Å². The molecule has 0 radical (unpaired) electrons. The summed E-state index contributed by atoms with van der Waals surface area (Å²) in [7, 11) is 0. The zero-order valence-corrected chi connectivity index (χ0v) is 21.0. The normalized spacial score (nSPS) is 25.8. The molecule has 1 amide bonds. The zero-order chi connectivity index (χ0) is 22.9. The Bertz CT molecular complexity index is 913. The first-order valence-corrected chi connectivity index (χ1v) is 12.9. The van der Waals surface area contributed by atoms with Gasteiger partial charge < -0.3 is 14.4 Å². The highest BCUT2D eigenvalue weighted by Gasteiger charge is 2.44. The summed E-state index contributed by atoms with van der Waals surface area (Å²) in [6.07, 6.45) is 7.60. The molecule has 1 saturated carbocycles. The molecule has 1 spiro atoms. The number of carbonyl (C=O) groups excluding carboxylic acids is 1. The Morgan fingerprint density at radius 3 is 2.53 bits per heavy atom. The predicted molar refractivity (Wildman–Crippen MR) is 131 cm³/mol. The van der Waals surface area contributed by atoms with Gasteiger partial charge in [-0.3, -0.25) is 4.79 Å². The average molecular weight is 456 g/mol. The topological polar surface area (TPSA) is 38.8 Å². The lowest BCUT2D eigenvalue weighted by Crippen LogP contribution is -2.49. The molecule has 2 heterocycles. The Balaban J connectivity index is 1.59. The number of allylic oxidation sites excluding steroid dienone is 2. The predicted octanol–water partition coefficient (Wildman–Crippen LogP) is 6.16. The van der Waals surface area contributed by atoms with Crippen LogP contribution in [0, 0.1) is 29.1 Å². The smallest absolute Gasteiger partial charge is 0.230 e. The largest absolute Gasteiger partial charge is 0.348 e. The highest BCUT2D eigenvalue weighted by Crippen LogP contribution is 2.41. The van der Waals surface area contributed by atoms with Crippen molar-refractivity contribution in [1.82, 2.24) is 0 Å². The molecule has 1 saturated heterocycles. The van der Waals surface area contributed by atoms with E-state index in [1.807, 2.05) is 0 Å². The summed E-state index contributed by atoms with van der Waals surface area (Å²) >= 11 is 1.64. The Kier molecular flexibility index (Phi) is 6.86. The summed E-state index contributed by atoms with van der Waals surface area (Å²) in [5.41, 5.74) is 2.37. The van der Waals surface area contributed by atoms with Crippen molar-refractivity contribution < 1.29 is 14.3 Å². The van der Waals surface area contributed by atoms with Crippen LogP contribution in [0.1, 0.15) is 78.0 Å². The molecule has 2 atom stereocenters. The zero-order valence-electron chi connectivity index (χ0n) is 20.2. The molecule has 3 aliphatic rings. The van der Waals surface area contributed by atoms with Crippen molar-refractivity contribution in [1.29, 1.82) is 0 Å². The van der Waals surface area contributed by atoms with Crippen molar-refractivity contribution >= 4 is 22.9 Å². The van der Waals surface area contributed by atoms with Gasteiger partial charge in [0.05, 0.1) is 23.8 Å². The monoisotopic (exact) mass is 455 g/mol. The molecular weight excluding hydrogens is 418 g/mol. The van der Waals surface area contributed by atoms with E-state index in [0.717, 1.165) is 49.1 Å². The minimum atomic E-state index is -0.415. The van der Waals surface area contributed by atoms with Gasteiger partial charge in [-0.25, -0.2) is 0 Å². The van der Waals surface area contributed by atoms with Gasteiger partial charge >= 0.3 is 0 Å². The second kappa shape index (κ2) is 9.33. The number of carbonyl (C=O) groups is 1. The van der Waals surface area contributed by atoms with Crippen molar-refractivity contribution in [2.24, 2.45) is 17.3 Å². The van der Waals surface area contributed by atoms with Gasteiger partial charge in [-0.15, -0.1) is 11.3 Å². The maximum absolute atomic E-state index is 14.0. The molecule has 0 aromatic carbocycles. The Morgan fingerprint density at radius 1 is 1.22 bits per heavy atom. The highest BCUT2D eigenvalue weighted by molar-refractivity contribution is 7.11. The molecule has 1 aromatic rings. The summed E-state index contributed by atoms with van der Waals surface area (Å²) in [5, 5.41) is 2.12. The van der Waals surface area contributed by atoms with E-state index in [1.54, 1.807) is 11.3 Å². The minimum Gasteiger partial charge on any atom is -0.348 e. The van der Waals surface area contributed by atoms with Gasteiger partial charge in [0.15, 0.2) is 5.79 Å². The van der Waals surface area contributed by atoms with Crippen molar-refractivity contribution in [3.63, 3.8) is 0 Å². The molecule has 174 valence electrons. The standard InChI is InChI=1S/C27H37NO3S/c1-19-6-7-24(20(2)16-19)25(29)28(21-8-12-27(13-9-21)30-14-15-31-27)22-17-23(32-18-22)10-11-26(3,4)5/h6,17-18,20-21,24H,7-9,12-16H2,1-5H3/t20-,24+/m0/s1. The van der Waals surface area contributed by atoms with E-state index in [4.69, 9.17) is 9.47 Å². The van der Waals surface area contributed by atoms with Crippen LogP contribution in [0.4, 0.5) is 5.69 Å². The van der Waals surface area contributed by atoms with Crippen molar-refractivity contribution in [3.05, 3.63) is 28.0 Å². The van der Waals surface area contributed by atoms with Crippen LogP contribution in [0.3, 0.4) is 0 Å². The third kappa shape index (κ3) is 5.30. The van der Waals surface area contributed by atoms with Crippen LogP contribution in [0.5, 0.6) is 0 Å². The van der Waals surface area contributed by atoms with E-state index in [1.165, 1.54) is 5.57 Å². The quantitative estimate of drug-likeness (QED) is 0.405. The highest BCUT2D eigenvalue weighted by atomic mass is 32.1. The molecule has 5 heteroatoms. The fourth-order valence-corrected chi connectivity index (χ4v) is 5.92. The van der Waals surface area contributed by atoms with Crippen LogP contribution in [0.15, 0.2) is 23.1 Å². The van der Waals surface area contributed by atoms with Crippen LogP contribution < -0.4 is 4.90 Å². The van der Waals surface area contributed by atoms with Crippen LogP contribution in [-0.2, 0) is 14.3 Å². The number of hydrogen-bond donors (Lipinski definition) is 0. The van der Waals surface area contributed by atoms with E-state index in [9.17, 15) is 4.79 Å². The second-order valence-electron chi connectivity index (χ2n) is 10.8. The number of thiophene rings is 1. The van der Waals surface area contributed by atoms with Gasteiger partial charge in [-0.2, -0.15) is 0 Å². The van der Waals surface area contributed by atoms with Crippen LogP contribution in [0.25, 0.3) is 0 Å². The van der Waals surface area contributed by atoms with Crippen molar-refractivity contribution in [2.45, 2.75) is 85.0 Å². The third-order valence-corrected chi connectivity index (χ3v) is 7.76. The molecule has 1 aromatic heterocycles. The van der Waals surface area contributed by atoms with Crippen molar-refractivity contribution in [2.75, 3.05) is 18.1 Å². The molecule has 4 rings (SSSR count). The number of anilines is 1. The third-order valence-electron chi connectivity index (χ3n) is 6.93. The van der Waals surface area contributed by atoms with Gasteiger partial charge in [-0.05, 0) is 65.4 Å². The fraction of sp³-hybridized carbons (Fsp3) is 0.667. The van der Waals surface area contributed by atoms with E-state index < -0.39 is 5.79 Å². The summed E-state index contributed by atoms with van der Waals surface area (Å²) in [6.45, 7) is 12.1. The Hall–Kier alpha value is -1.61. The Labute approximate surface area is 197 Å². The molecular formula is C27H37NO3S. The SMILES string of the molecule is CC1=CC[C@@H](C(=O)N(c2csc(C#CC(C)(C)C)c2)C2CCC3(CC2)OCCO3)[C@@H](C)C1. The number of rotatable bonds is 3. The lowest BCUT2D eigenvalue weighted by atomic mass is 9.79. The first-order valence-electron chi connectivity index (χ1n) is 12.0. The summed E-state index contributed by atoms with van der Waals surface area (Å²) in [4.78, 5) is 17.1. The molecule has 0 unspecified atom stereocenters. The maximum Gasteiger partial charge on any atom is 0.230 e. The number of ether oxygens (including phenoxy) is 2. The van der Waals surface area contributed by atoms with Crippen LogP contribution in [-0.4, -0.2) is 30.9 Å². The lowest BCUT2D eigenvalue weighted by Gasteiger charge is -2.42. The summed E-state index contributed by atoms with van der Waals surface area (Å²) < 4.78 is 11.9. The minimum absolute atomic E-state index is 0.0394. The van der Waals surface area contributed by atoms with E-state index in [0.29, 0.717) is 19.1 Å². The van der Waals surface area contributed by atoms with Gasteiger partial charge in [0.2, 0.25) is 5.91 Å². The van der Waals surface area contributed by atoms with Gasteiger partial charge in [0.1, 0.15) is 0 Å². The summed E-state index contributed by atoms with van der Waals surface area (Å²) in [5.74, 6) is 6.90. The number of amides is 1. The molecule has 0 N–H and O–H groups in total. The van der Waals surface area contributed by atoms with Crippen LogP contribution >= 0.6 is 11.3 Å². The average Bonchev–Trinajstić information content (AvgIpc) is 3.38. The second-order valence-corrected chi connectivity index (χ2v) is 11.7. The molecule has 0 bridgehead atoms.